The Morgan fingerprint density at radius 3 is 2.31 bits per heavy atom. The molecule has 0 spiro atoms. The average molecular weight is 407 g/mol. The zero-order valence-electron chi connectivity index (χ0n) is 14.1. The lowest BCUT2D eigenvalue weighted by Crippen LogP contribution is -2.22. The first-order valence-electron chi connectivity index (χ1n) is 7.39. The minimum atomic E-state index is -4.74. The second-order valence-electron chi connectivity index (χ2n) is 6.39. The third-order valence-corrected chi connectivity index (χ3v) is 4.79. The van der Waals surface area contributed by atoms with Crippen LogP contribution in [0.25, 0.3) is 0 Å². The topological polar surface area (TPSA) is 42.3 Å². The molecule has 0 radical (unpaired) electrons. The van der Waals surface area contributed by atoms with E-state index in [0.29, 0.717) is 11.1 Å². The van der Waals surface area contributed by atoms with Gasteiger partial charge in [-0.05, 0) is 51.1 Å². The monoisotopic (exact) mass is 406 g/mol. The van der Waals surface area contributed by atoms with Crippen LogP contribution >= 0.6 is 11.6 Å². The number of hydrogen-bond donors (Lipinski definition) is 0. The Balaban J connectivity index is 2.69. The lowest BCUT2D eigenvalue weighted by Gasteiger charge is -2.16. The lowest BCUT2D eigenvalue weighted by atomic mass is 10.0. The van der Waals surface area contributed by atoms with E-state index in [0.717, 1.165) is 12.1 Å². The van der Waals surface area contributed by atoms with Gasteiger partial charge < -0.3 is 0 Å². The van der Waals surface area contributed by atoms with Gasteiger partial charge in [-0.1, -0.05) is 11.6 Å². The summed E-state index contributed by atoms with van der Waals surface area (Å²) in [7, 11) is -1.80. The number of rotatable bonds is 3. The van der Waals surface area contributed by atoms with Gasteiger partial charge in [0, 0.05) is 11.8 Å². The maximum Gasteiger partial charge on any atom is 0.416 e. The molecule has 3 nitrogen and oxygen atoms in total. The summed E-state index contributed by atoms with van der Waals surface area (Å²) in [5.74, 6) is -1.09. The highest BCUT2D eigenvalue weighted by Gasteiger charge is 2.32. The summed E-state index contributed by atoms with van der Waals surface area (Å²) < 4.78 is 68.5. The molecule has 0 fully saturated rings. The maximum absolute atomic E-state index is 13.8. The van der Waals surface area contributed by atoms with Crippen LogP contribution in [0.3, 0.4) is 0 Å². The van der Waals surface area contributed by atoms with Crippen LogP contribution < -0.4 is 0 Å². The molecule has 0 saturated carbocycles. The van der Waals surface area contributed by atoms with E-state index in [1.54, 1.807) is 20.8 Å². The Bertz CT molecular complexity index is 859. The normalized spacial score (nSPS) is 14.4. The van der Waals surface area contributed by atoms with Crippen LogP contribution in [0.15, 0.2) is 40.9 Å². The van der Waals surface area contributed by atoms with Crippen molar-refractivity contribution in [2.24, 2.45) is 4.40 Å². The third-order valence-electron chi connectivity index (χ3n) is 3.17. The molecule has 0 saturated heterocycles. The van der Waals surface area contributed by atoms with E-state index in [1.165, 1.54) is 18.3 Å². The number of nitrogens with zero attached hydrogens (tertiary/aromatic N) is 2. The number of hydrogen-bond acceptors (Lipinski definition) is 2. The van der Waals surface area contributed by atoms with Crippen molar-refractivity contribution in [1.82, 2.24) is 4.98 Å². The van der Waals surface area contributed by atoms with E-state index in [9.17, 15) is 21.8 Å². The molecule has 0 aliphatic rings. The predicted molar refractivity (Wildman–Crippen MR) is 94.2 cm³/mol. The molecule has 9 heteroatoms. The molecule has 0 aliphatic heterocycles. The minimum absolute atomic E-state index is 0.111. The van der Waals surface area contributed by atoms with E-state index < -0.39 is 33.3 Å². The molecule has 1 aromatic carbocycles. The Morgan fingerprint density at radius 2 is 1.81 bits per heavy atom. The molecule has 0 amide bonds. The lowest BCUT2D eigenvalue weighted by molar-refractivity contribution is -0.137. The molecule has 26 heavy (non-hydrogen) atoms. The summed E-state index contributed by atoms with van der Waals surface area (Å²) in [6.45, 7) is 4.98. The number of aromatic nitrogens is 1. The van der Waals surface area contributed by atoms with E-state index in [-0.39, 0.29) is 17.0 Å². The zero-order valence-corrected chi connectivity index (χ0v) is 15.6. The van der Waals surface area contributed by atoms with Crippen molar-refractivity contribution in [3.8, 4) is 0 Å². The fourth-order valence-electron chi connectivity index (χ4n) is 1.87. The standard InChI is InChI=1S/C17H15ClF4N2OS/c1-16(2,3)26(25)24-15(14-5-4-12(18)9-23-14)10-6-11(17(20,21)22)8-13(19)7-10/h4-9H,1-3H3/b24-15-/t26-/m0/s1. The zero-order chi connectivity index (χ0) is 19.7. The number of alkyl halides is 3. The predicted octanol–water partition coefficient (Wildman–Crippen LogP) is 5.19. The van der Waals surface area contributed by atoms with Crippen LogP contribution in [-0.2, 0) is 17.2 Å². The molecule has 140 valence electrons. The smallest absolute Gasteiger partial charge is 0.253 e. The summed E-state index contributed by atoms with van der Waals surface area (Å²) in [5, 5.41) is 0.306. The van der Waals surface area contributed by atoms with E-state index in [1.807, 2.05) is 0 Å². The molecule has 1 atom stereocenters. The van der Waals surface area contributed by atoms with Crippen molar-refractivity contribution in [3.63, 3.8) is 0 Å². The Kier molecular flexibility index (Phi) is 5.87. The van der Waals surface area contributed by atoms with E-state index >= 15 is 0 Å². The number of halogens is 5. The van der Waals surface area contributed by atoms with E-state index in [4.69, 9.17) is 11.6 Å². The quantitative estimate of drug-likeness (QED) is 0.520. The number of pyridine rings is 1. The molecular weight excluding hydrogens is 392 g/mol. The van der Waals surface area contributed by atoms with Gasteiger partial charge in [-0.25, -0.2) is 8.60 Å². The van der Waals surface area contributed by atoms with Gasteiger partial charge in [-0.2, -0.15) is 17.6 Å². The Hall–Kier alpha value is -1.80. The van der Waals surface area contributed by atoms with Gasteiger partial charge >= 0.3 is 6.18 Å². The van der Waals surface area contributed by atoms with Crippen molar-refractivity contribution in [1.29, 1.82) is 0 Å². The largest absolute Gasteiger partial charge is 0.416 e. The van der Waals surface area contributed by atoms with Crippen LogP contribution in [0.4, 0.5) is 17.6 Å². The van der Waals surface area contributed by atoms with Crippen LogP contribution in [0.5, 0.6) is 0 Å². The average Bonchev–Trinajstić information content (AvgIpc) is 2.51. The van der Waals surface area contributed by atoms with Crippen molar-refractivity contribution in [2.75, 3.05) is 0 Å². The van der Waals surface area contributed by atoms with Crippen molar-refractivity contribution in [2.45, 2.75) is 31.7 Å². The summed E-state index contributed by atoms with van der Waals surface area (Å²) in [4.78, 5) is 4.01. The first-order valence-corrected chi connectivity index (χ1v) is 8.87. The SMILES string of the molecule is CC(C)(C)[S@](=O)/N=C(/c1cc(F)cc(C(F)(F)F)c1)c1ccc(Cl)cn1. The molecule has 2 aromatic rings. The van der Waals surface area contributed by atoms with Gasteiger partial charge in [0.1, 0.15) is 22.5 Å². The van der Waals surface area contributed by atoms with Crippen LogP contribution in [-0.4, -0.2) is 19.7 Å². The summed E-state index contributed by atoms with van der Waals surface area (Å²) >= 11 is 5.78. The van der Waals surface area contributed by atoms with Gasteiger partial charge in [0.25, 0.3) is 0 Å². The van der Waals surface area contributed by atoms with Crippen LogP contribution in [0, 0.1) is 5.82 Å². The van der Waals surface area contributed by atoms with Gasteiger partial charge in [-0.3, -0.25) is 4.98 Å². The van der Waals surface area contributed by atoms with Gasteiger partial charge in [0.05, 0.1) is 21.0 Å². The van der Waals surface area contributed by atoms with Crippen molar-refractivity contribution < 1.29 is 21.8 Å². The Labute approximate surface area is 155 Å². The second kappa shape index (κ2) is 7.44. The van der Waals surface area contributed by atoms with Gasteiger partial charge in [0.2, 0.25) is 0 Å². The maximum atomic E-state index is 13.8. The second-order valence-corrected chi connectivity index (χ2v) is 8.73. The number of benzene rings is 1. The highest BCUT2D eigenvalue weighted by molar-refractivity contribution is 7.85. The van der Waals surface area contributed by atoms with Gasteiger partial charge in [0.15, 0.2) is 0 Å². The van der Waals surface area contributed by atoms with E-state index in [2.05, 4.69) is 9.38 Å². The fraction of sp³-hybridized carbons (Fsp3) is 0.294. The molecule has 1 heterocycles. The first-order chi connectivity index (χ1) is 11.9. The summed E-state index contributed by atoms with van der Waals surface area (Å²) in [6, 6.07) is 4.90. The Morgan fingerprint density at radius 1 is 1.15 bits per heavy atom. The first kappa shape index (κ1) is 20.5. The van der Waals surface area contributed by atoms with Crippen molar-refractivity contribution >= 4 is 28.3 Å². The highest BCUT2D eigenvalue weighted by atomic mass is 35.5. The molecule has 2 rings (SSSR count). The third kappa shape index (κ3) is 5.11. The minimum Gasteiger partial charge on any atom is -0.253 e. The highest BCUT2D eigenvalue weighted by Crippen LogP contribution is 2.31. The fourth-order valence-corrected chi connectivity index (χ4v) is 2.62. The molecule has 0 unspecified atom stereocenters. The van der Waals surface area contributed by atoms with Crippen molar-refractivity contribution in [3.05, 3.63) is 64.2 Å². The summed E-state index contributed by atoms with van der Waals surface area (Å²) in [5.41, 5.74) is -1.33. The summed E-state index contributed by atoms with van der Waals surface area (Å²) in [6.07, 6.45) is -3.46. The van der Waals surface area contributed by atoms with Gasteiger partial charge in [-0.15, -0.1) is 0 Å². The van der Waals surface area contributed by atoms with Crippen LogP contribution in [0.2, 0.25) is 5.02 Å². The molecule has 0 aliphatic carbocycles. The molecule has 0 N–H and O–H groups in total. The van der Waals surface area contributed by atoms with Crippen LogP contribution in [0.1, 0.15) is 37.6 Å². The molecule has 0 bridgehead atoms. The molecular formula is C17H15ClF4N2OS. The molecule has 1 aromatic heterocycles.